The predicted octanol–water partition coefficient (Wildman–Crippen LogP) is 1.33. The van der Waals surface area contributed by atoms with Crippen LogP contribution in [0.3, 0.4) is 0 Å². The molecule has 1 aliphatic rings. The standard InChI is InChI=1S/C22H21N7O2/c30-21(15-29-16-23-18-6-2-1-5-17(18)22(29)31)28-13-11-27(12-14-28)20-8-7-19(24-25-20)26-9-3-4-10-26/h1-10,16H,11-15H2. The van der Waals surface area contributed by atoms with Crippen molar-refractivity contribution in [2.75, 3.05) is 31.1 Å². The average molecular weight is 415 g/mol. The molecule has 1 aliphatic heterocycles. The zero-order chi connectivity index (χ0) is 21.2. The molecule has 0 atom stereocenters. The topological polar surface area (TPSA) is 89.2 Å². The number of carbonyl (C=O) groups is 1. The fourth-order valence-electron chi connectivity index (χ4n) is 3.76. The number of rotatable bonds is 4. The third-order valence-electron chi connectivity index (χ3n) is 5.50. The van der Waals surface area contributed by atoms with Gasteiger partial charge in [0.15, 0.2) is 11.6 Å². The Labute approximate surface area is 178 Å². The molecule has 1 fully saturated rings. The summed E-state index contributed by atoms with van der Waals surface area (Å²) < 4.78 is 3.28. The lowest BCUT2D eigenvalue weighted by molar-refractivity contribution is -0.132. The Kier molecular flexibility index (Phi) is 4.91. The fourth-order valence-corrected chi connectivity index (χ4v) is 3.76. The van der Waals surface area contributed by atoms with Gasteiger partial charge in [-0.2, -0.15) is 0 Å². The van der Waals surface area contributed by atoms with Crippen LogP contribution in [0.15, 0.2) is 72.0 Å². The Hall–Kier alpha value is -4.01. The summed E-state index contributed by atoms with van der Waals surface area (Å²) in [6.45, 7) is 2.44. The second-order valence-corrected chi connectivity index (χ2v) is 7.40. The van der Waals surface area contributed by atoms with E-state index in [-0.39, 0.29) is 18.0 Å². The van der Waals surface area contributed by atoms with Gasteiger partial charge in [0.25, 0.3) is 5.56 Å². The lowest BCUT2D eigenvalue weighted by atomic mass is 10.2. The van der Waals surface area contributed by atoms with Crippen LogP contribution in [-0.4, -0.2) is 61.3 Å². The third kappa shape index (κ3) is 3.77. The van der Waals surface area contributed by atoms with Crippen LogP contribution in [0.4, 0.5) is 5.82 Å². The molecule has 0 N–H and O–H groups in total. The highest BCUT2D eigenvalue weighted by Crippen LogP contribution is 2.15. The number of amides is 1. The van der Waals surface area contributed by atoms with E-state index in [4.69, 9.17) is 0 Å². The molecule has 9 nitrogen and oxygen atoms in total. The number of hydrogen-bond acceptors (Lipinski definition) is 6. The summed E-state index contributed by atoms with van der Waals surface area (Å²) in [5.41, 5.74) is 0.435. The zero-order valence-electron chi connectivity index (χ0n) is 16.8. The summed E-state index contributed by atoms with van der Waals surface area (Å²) >= 11 is 0. The molecule has 4 aromatic rings. The maximum atomic E-state index is 12.8. The van der Waals surface area contributed by atoms with E-state index < -0.39 is 0 Å². The first-order chi connectivity index (χ1) is 15.2. The summed E-state index contributed by atoms with van der Waals surface area (Å²) in [6.07, 6.45) is 5.29. The Morgan fingerprint density at radius 1 is 0.871 bits per heavy atom. The lowest BCUT2D eigenvalue weighted by Crippen LogP contribution is -2.50. The minimum Gasteiger partial charge on any atom is -0.352 e. The normalized spacial score (nSPS) is 14.2. The molecule has 0 aliphatic carbocycles. The highest BCUT2D eigenvalue weighted by Gasteiger charge is 2.23. The highest BCUT2D eigenvalue weighted by molar-refractivity contribution is 5.79. The van der Waals surface area contributed by atoms with Gasteiger partial charge >= 0.3 is 0 Å². The van der Waals surface area contributed by atoms with Crippen molar-refractivity contribution in [2.45, 2.75) is 6.54 Å². The van der Waals surface area contributed by atoms with Gasteiger partial charge in [-0.05, 0) is 36.4 Å². The molecule has 31 heavy (non-hydrogen) atoms. The van der Waals surface area contributed by atoms with E-state index in [0.717, 1.165) is 11.6 Å². The minimum atomic E-state index is -0.198. The zero-order valence-corrected chi connectivity index (χ0v) is 16.8. The SMILES string of the molecule is O=C(Cn1cnc2ccccc2c1=O)N1CCN(c2ccc(-n3cccc3)nn2)CC1. The Morgan fingerprint density at radius 3 is 2.32 bits per heavy atom. The summed E-state index contributed by atoms with van der Waals surface area (Å²) in [6, 6.07) is 14.9. The number of nitrogens with zero attached hydrogens (tertiary/aromatic N) is 7. The van der Waals surface area contributed by atoms with Crippen molar-refractivity contribution in [3.05, 3.63) is 77.6 Å². The van der Waals surface area contributed by atoms with Crippen LogP contribution in [-0.2, 0) is 11.3 Å². The van der Waals surface area contributed by atoms with Crippen LogP contribution < -0.4 is 10.5 Å². The predicted molar refractivity (Wildman–Crippen MR) is 116 cm³/mol. The Balaban J connectivity index is 1.22. The van der Waals surface area contributed by atoms with Crippen molar-refractivity contribution < 1.29 is 4.79 Å². The molecule has 9 heteroatoms. The van der Waals surface area contributed by atoms with Crippen molar-refractivity contribution in [3.63, 3.8) is 0 Å². The third-order valence-corrected chi connectivity index (χ3v) is 5.50. The molecule has 3 aromatic heterocycles. The molecule has 0 saturated carbocycles. The monoisotopic (exact) mass is 415 g/mol. The summed E-state index contributed by atoms with van der Waals surface area (Å²) in [4.78, 5) is 33.6. The van der Waals surface area contributed by atoms with Crippen LogP contribution in [0, 0.1) is 0 Å². The van der Waals surface area contributed by atoms with Gasteiger partial charge in [-0.15, -0.1) is 10.2 Å². The second-order valence-electron chi connectivity index (χ2n) is 7.40. The van der Waals surface area contributed by atoms with E-state index in [2.05, 4.69) is 20.1 Å². The molecule has 4 heterocycles. The summed E-state index contributed by atoms with van der Waals surface area (Å²) in [5.74, 6) is 1.46. The number of para-hydroxylation sites is 1. The fraction of sp³-hybridized carbons (Fsp3) is 0.227. The number of benzene rings is 1. The maximum absolute atomic E-state index is 12.8. The van der Waals surface area contributed by atoms with Crippen molar-refractivity contribution in [2.24, 2.45) is 0 Å². The average Bonchev–Trinajstić information content (AvgIpc) is 3.36. The first kappa shape index (κ1) is 19.0. The van der Waals surface area contributed by atoms with Gasteiger partial charge in [0.1, 0.15) is 6.54 Å². The van der Waals surface area contributed by atoms with Crippen LogP contribution in [0.25, 0.3) is 16.7 Å². The number of aromatic nitrogens is 5. The molecule has 0 spiro atoms. The number of carbonyl (C=O) groups excluding carboxylic acids is 1. The van der Waals surface area contributed by atoms with E-state index >= 15 is 0 Å². The van der Waals surface area contributed by atoms with Crippen molar-refractivity contribution in [1.82, 2.24) is 29.2 Å². The van der Waals surface area contributed by atoms with E-state index in [1.165, 1.54) is 10.9 Å². The highest BCUT2D eigenvalue weighted by atomic mass is 16.2. The van der Waals surface area contributed by atoms with Gasteiger partial charge < -0.3 is 14.4 Å². The first-order valence-corrected chi connectivity index (χ1v) is 10.1. The number of piperazine rings is 1. The molecule has 0 bridgehead atoms. The molecular weight excluding hydrogens is 394 g/mol. The van der Waals surface area contributed by atoms with Gasteiger partial charge in [0, 0.05) is 38.6 Å². The van der Waals surface area contributed by atoms with E-state index in [9.17, 15) is 9.59 Å². The summed E-state index contributed by atoms with van der Waals surface area (Å²) in [5, 5.41) is 9.14. The van der Waals surface area contributed by atoms with Crippen molar-refractivity contribution >= 4 is 22.6 Å². The first-order valence-electron chi connectivity index (χ1n) is 10.1. The second kappa shape index (κ2) is 8.02. The van der Waals surface area contributed by atoms with Crippen molar-refractivity contribution in [1.29, 1.82) is 0 Å². The van der Waals surface area contributed by atoms with Gasteiger partial charge in [0.2, 0.25) is 5.91 Å². The van der Waals surface area contributed by atoms with E-state index in [0.29, 0.717) is 37.1 Å². The quantitative estimate of drug-likeness (QED) is 0.500. The molecule has 1 saturated heterocycles. The van der Waals surface area contributed by atoms with Gasteiger partial charge in [-0.1, -0.05) is 12.1 Å². The molecule has 1 amide bonds. The summed E-state index contributed by atoms with van der Waals surface area (Å²) in [7, 11) is 0. The molecule has 156 valence electrons. The molecule has 0 unspecified atom stereocenters. The smallest absolute Gasteiger partial charge is 0.261 e. The molecular formula is C22H21N7O2. The van der Waals surface area contributed by atoms with Crippen LogP contribution in [0.5, 0.6) is 0 Å². The van der Waals surface area contributed by atoms with Gasteiger partial charge in [-0.25, -0.2) is 4.98 Å². The molecule has 0 radical (unpaired) electrons. The Bertz CT molecular complexity index is 1260. The Morgan fingerprint density at radius 2 is 1.58 bits per heavy atom. The van der Waals surface area contributed by atoms with E-state index in [1.54, 1.807) is 23.1 Å². The van der Waals surface area contributed by atoms with E-state index in [1.807, 2.05) is 47.3 Å². The molecule has 1 aromatic carbocycles. The number of anilines is 1. The lowest BCUT2D eigenvalue weighted by Gasteiger charge is -2.35. The van der Waals surface area contributed by atoms with Crippen LogP contribution >= 0.6 is 0 Å². The number of fused-ring (bicyclic) bond motifs is 1. The largest absolute Gasteiger partial charge is 0.352 e. The van der Waals surface area contributed by atoms with Gasteiger partial charge in [-0.3, -0.25) is 14.2 Å². The minimum absolute atomic E-state index is 0.0119. The van der Waals surface area contributed by atoms with Gasteiger partial charge in [0.05, 0.1) is 17.2 Å². The van der Waals surface area contributed by atoms with Crippen LogP contribution in [0.2, 0.25) is 0 Å². The van der Waals surface area contributed by atoms with Crippen LogP contribution in [0.1, 0.15) is 0 Å². The van der Waals surface area contributed by atoms with Crippen molar-refractivity contribution in [3.8, 4) is 5.82 Å². The maximum Gasteiger partial charge on any atom is 0.261 e. The molecule has 5 rings (SSSR count). The number of hydrogen-bond donors (Lipinski definition) is 0.